The van der Waals surface area contributed by atoms with Crippen LogP contribution in [0.15, 0.2) is 36.7 Å². The van der Waals surface area contributed by atoms with Crippen molar-refractivity contribution in [2.75, 3.05) is 30.4 Å². The molecule has 2 aliphatic rings. The molecule has 3 N–H and O–H groups in total. The smallest absolute Gasteiger partial charge is 0.227 e. The number of aryl methyl sites for hydroxylation is 1. The fourth-order valence-corrected chi connectivity index (χ4v) is 4.91. The Morgan fingerprint density at radius 1 is 1.11 bits per heavy atom. The van der Waals surface area contributed by atoms with E-state index < -0.39 is 0 Å². The molecule has 1 atom stereocenters. The zero-order chi connectivity index (χ0) is 25.1. The molecule has 190 valence electrons. The standard InChI is InChI=1S/C27H33ClN6O2/c1-16-9-24-19(10-23(16)28)5-8-25(34-24)32-21-6-3-18(4-7-21)11-29-27-30-12-20(13-31-27)17(2)26(35)33-22-14-36-15-22/h5,8-10,12-13,17-18,21-22H,3-4,6-7,11,14-15H2,1-2H3,(H,32,34)(H,33,35)(H,29,30,31)/t17-,18?,21?/m1/s1. The average Bonchev–Trinajstić information content (AvgIpc) is 2.86. The Hall–Kier alpha value is -2.97. The monoisotopic (exact) mass is 508 g/mol. The van der Waals surface area contributed by atoms with Crippen LogP contribution in [0.5, 0.6) is 0 Å². The SMILES string of the molecule is Cc1cc2nc(NC3CCC(CNc4ncc([C@@H](C)C(=O)NC5COC5)cn4)CC3)ccc2cc1Cl. The fourth-order valence-electron chi connectivity index (χ4n) is 4.73. The second-order valence-corrected chi connectivity index (χ2v) is 10.4. The van der Waals surface area contributed by atoms with E-state index in [0.717, 1.165) is 65.1 Å². The van der Waals surface area contributed by atoms with Gasteiger partial charge in [-0.1, -0.05) is 11.6 Å². The van der Waals surface area contributed by atoms with E-state index in [1.807, 2.05) is 32.0 Å². The maximum absolute atomic E-state index is 12.3. The molecule has 36 heavy (non-hydrogen) atoms. The Bertz CT molecular complexity index is 1210. The van der Waals surface area contributed by atoms with Crippen LogP contribution in [-0.4, -0.2) is 52.7 Å². The maximum atomic E-state index is 12.3. The van der Waals surface area contributed by atoms with E-state index in [9.17, 15) is 4.79 Å². The van der Waals surface area contributed by atoms with Gasteiger partial charge in [-0.2, -0.15) is 0 Å². The third-order valence-electron chi connectivity index (χ3n) is 7.27. The Kier molecular flexibility index (Phi) is 7.53. The predicted octanol–water partition coefficient (Wildman–Crippen LogP) is 4.69. The second-order valence-electron chi connectivity index (χ2n) is 10.0. The number of halogens is 1. The van der Waals surface area contributed by atoms with E-state index in [1.165, 1.54) is 0 Å². The van der Waals surface area contributed by atoms with Crippen LogP contribution in [0.25, 0.3) is 10.9 Å². The first-order valence-electron chi connectivity index (χ1n) is 12.7. The van der Waals surface area contributed by atoms with Crippen LogP contribution in [0.2, 0.25) is 5.02 Å². The first-order valence-corrected chi connectivity index (χ1v) is 13.1. The van der Waals surface area contributed by atoms with Gasteiger partial charge >= 0.3 is 0 Å². The van der Waals surface area contributed by atoms with Crippen LogP contribution in [-0.2, 0) is 9.53 Å². The number of ether oxygens (including phenoxy) is 1. The quantitative estimate of drug-likeness (QED) is 0.406. The summed E-state index contributed by atoms with van der Waals surface area (Å²) in [6.45, 7) is 5.90. The first-order chi connectivity index (χ1) is 17.4. The van der Waals surface area contributed by atoms with Gasteiger partial charge in [-0.15, -0.1) is 0 Å². The highest BCUT2D eigenvalue weighted by molar-refractivity contribution is 6.32. The Morgan fingerprint density at radius 2 is 1.86 bits per heavy atom. The van der Waals surface area contributed by atoms with Crippen molar-refractivity contribution in [1.82, 2.24) is 20.3 Å². The number of fused-ring (bicyclic) bond motifs is 1. The normalized spacial score (nSPS) is 21.0. The number of rotatable bonds is 8. The van der Waals surface area contributed by atoms with Crippen molar-refractivity contribution in [3.8, 4) is 0 Å². The highest BCUT2D eigenvalue weighted by atomic mass is 35.5. The van der Waals surface area contributed by atoms with Crippen molar-refractivity contribution in [3.63, 3.8) is 0 Å². The summed E-state index contributed by atoms with van der Waals surface area (Å²) in [6.07, 6.45) is 7.95. The molecule has 5 rings (SSSR count). The first kappa shape index (κ1) is 24.7. The Morgan fingerprint density at radius 3 is 2.56 bits per heavy atom. The van der Waals surface area contributed by atoms with Crippen LogP contribution in [0, 0.1) is 12.8 Å². The third kappa shape index (κ3) is 5.87. The van der Waals surface area contributed by atoms with Crippen LogP contribution in [0.4, 0.5) is 11.8 Å². The van der Waals surface area contributed by atoms with Crippen LogP contribution < -0.4 is 16.0 Å². The highest BCUT2D eigenvalue weighted by Crippen LogP contribution is 2.28. The fraction of sp³-hybridized carbons (Fsp3) is 0.481. The number of nitrogens with zero attached hydrogens (tertiary/aromatic N) is 3. The summed E-state index contributed by atoms with van der Waals surface area (Å²) in [5, 5.41) is 11.8. The molecule has 0 radical (unpaired) electrons. The molecule has 1 aromatic carbocycles. The van der Waals surface area contributed by atoms with Crippen molar-refractivity contribution in [2.24, 2.45) is 5.92 Å². The zero-order valence-corrected chi connectivity index (χ0v) is 21.5. The van der Waals surface area contributed by atoms with E-state index >= 15 is 0 Å². The summed E-state index contributed by atoms with van der Waals surface area (Å²) in [6, 6.07) is 8.68. The van der Waals surface area contributed by atoms with Gasteiger partial charge in [-0.25, -0.2) is 15.0 Å². The number of hydrogen-bond acceptors (Lipinski definition) is 7. The van der Waals surface area contributed by atoms with E-state index in [1.54, 1.807) is 12.4 Å². The van der Waals surface area contributed by atoms with Gasteiger partial charge in [-0.05, 0) is 75.3 Å². The van der Waals surface area contributed by atoms with E-state index in [-0.39, 0.29) is 17.9 Å². The van der Waals surface area contributed by atoms with Gasteiger partial charge in [0, 0.05) is 41.0 Å². The second kappa shape index (κ2) is 11.0. The highest BCUT2D eigenvalue weighted by Gasteiger charge is 2.25. The van der Waals surface area contributed by atoms with Crippen molar-refractivity contribution in [3.05, 3.63) is 52.8 Å². The molecule has 8 nitrogen and oxygen atoms in total. The number of aromatic nitrogens is 3. The summed E-state index contributed by atoms with van der Waals surface area (Å²) < 4.78 is 5.11. The number of anilines is 2. The molecule has 1 aliphatic carbocycles. The van der Waals surface area contributed by atoms with E-state index in [4.69, 9.17) is 21.3 Å². The van der Waals surface area contributed by atoms with Crippen molar-refractivity contribution in [1.29, 1.82) is 0 Å². The molecule has 1 saturated heterocycles. The lowest BCUT2D eigenvalue weighted by Gasteiger charge is -2.29. The predicted molar refractivity (Wildman–Crippen MR) is 143 cm³/mol. The molecule has 0 spiro atoms. The van der Waals surface area contributed by atoms with E-state index in [0.29, 0.717) is 31.1 Å². The lowest BCUT2D eigenvalue weighted by atomic mass is 9.86. The van der Waals surface area contributed by atoms with Gasteiger partial charge in [0.15, 0.2) is 0 Å². The van der Waals surface area contributed by atoms with Gasteiger partial charge in [0.05, 0.1) is 30.7 Å². The molecule has 2 fully saturated rings. The molecule has 1 saturated carbocycles. The number of pyridine rings is 1. The minimum absolute atomic E-state index is 0.0172. The molecule has 1 amide bonds. The summed E-state index contributed by atoms with van der Waals surface area (Å²) >= 11 is 6.24. The molecule has 0 unspecified atom stereocenters. The van der Waals surface area contributed by atoms with Crippen molar-refractivity contribution < 1.29 is 9.53 Å². The Balaban J connectivity index is 1.06. The van der Waals surface area contributed by atoms with Gasteiger partial charge in [0.25, 0.3) is 0 Å². The molecular weight excluding hydrogens is 476 g/mol. The number of amides is 1. The number of hydrogen-bond donors (Lipinski definition) is 3. The van der Waals surface area contributed by atoms with Crippen LogP contribution >= 0.6 is 11.6 Å². The average molecular weight is 509 g/mol. The number of carbonyl (C=O) groups excluding carboxylic acids is 1. The summed E-state index contributed by atoms with van der Waals surface area (Å²) in [4.78, 5) is 26.0. The summed E-state index contributed by atoms with van der Waals surface area (Å²) in [5.41, 5.74) is 2.82. The van der Waals surface area contributed by atoms with E-state index in [2.05, 4.69) is 32.0 Å². The van der Waals surface area contributed by atoms with Crippen molar-refractivity contribution >= 4 is 40.2 Å². The molecule has 3 heterocycles. The minimum Gasteiger partial charge on any atom is -0.377 e. The number of carbonyl (C=O) groups is 1. The third-order valence-corrected chi connectivity index (χ3v) is 7.67. The molecule has 9 heteroatoms. The summed E-state index contributed by atoms with van der Waals surface area (Å²) in [7, 11) is 0. The topological polar surface area (TPSA) is 101 Å². The molecule has 0 bridgehead atoms. The number of nitrogens with one attached hydrogen (secondary N) is 3. The van der Waals surface area contributed by atoms with Crippen LogP contribution in [0.3, 0.4) is 0 Å². The Labute approximate surface area is 216 Å². The largest absolute Gasteiger partial charge is 0.377 e. The summed E-state index contributed by atoms with van der Waals surface area (Å²) in [5.74, 6) is 1.80. The maximum Gasteiger partial charge on any atom is 0.227 e. The lowest BCUT2D eigenvalue weighted by molar-refractivity contribution is -0.126. The molecule has 1 aliphatic heterocycles. The van der Waals surface area contributed by atoms with Gasteiger partial charge in [0.2, 0.25) is 11.9 Å². The number of benzene rings is 1. The van der Waals surface area contributed by atoms with Gasteiger partial charge in [-0.3, -0.25) is 4.79 Å². The zero-order valence-electron chi connectivity index (χ0n) is 20.8. The molecule has 2 aromatic heterocycles. The van der Waals surface area contributed by atoms with Gasteiger partial charge < -0.3 is 20.7 Å². The van der Waals surface area contributed by atoms with Crippen molar-refractivity contribution in [2.45, 2.75) is 57.5 Å². The molecule has 3 aromatic rings. The van der Waals surface area contributed by atoms with Crippen LogP contribution in [0.1, 0.15) is 49.7 Å². The lowest BCUT2D eigenvalue weighted by Crippen LogP contribution is -2.49. The van der Waals surface area contributed by atoms with Gasteiger partial charge in [0.1, 0.15) is 5.82 Å². The minimum atomic E-state index is -0.290. The molecular formula is C27H33ClN6O2.